The van der Waals surface area contributed by atoms with Crippen LogP contribution in [-0.4, -0.2) is 23.0 Å². The van der Waals surface area contributed by atoms with E-state index in [2.05, 4.69) is 15.3 Å². The summed E-state index contributed by atoms with van der Waals surface area (Å²) >= 11 is 0. The second kappa shape index (κ2) is 5.12. The van der Waals surface area contributed by atoms with Crippen LogP contribution in [0, 0.1) is 0 Å². The summed E-state index contributed by atoms with van der Waals surface area (Å²) < 4.78 is 5.44. The molecular formula is C18H17N3O2. The molecule has 116 valence electrons. The minimum absolute atomic E-state index is 0.0788. The molecular weight excluding hydrogens is 290 g/mol. The quantitative estimate of drug-likeness (QED) is 0.778. The first kappa shape index (κ1) is 13.8. The van der Waals surface area contributed by atoms with Gasteiger partial charge in [-0.2, -0.15) is 0 Å². The molecule has 2 N–H and O–H groups in total. The number of benzene rings is 2. The molecule has 1 aliphatic rings. The maximum absolute atomic E-state index is 12.7. The molecule has 0 aliphatic heterocycles. The van der Waals surface area contributed by atoms with Gasteiger partial charge in [-0.3, -0.25) is 4.79 Å². The highest BCUT2D eigenvalue weighted by atomic mass is 16.5. The first-order valence-electron chi connectivity index (χ1n) is 7.61. The predicted molar refractivity (Wildman–Crippen MR) is 87.5 cm³/mol. The van der Waals surface area contributed by atoms with Crippen LogP contribution in [0.5, 0.6) is 5.75 Å². The predicted octanol–water partition coefficient (Wildman–Crippen LogP) is 2.99. The summed E-state index contributed by atoms with van der Waals surface area (Å²) in [4.78, 5) is 19.9. The highest BCUT2D eigenvalue weighted by molar-refractivity contribution is 5.98. The Bertz CT molecular complexity index is 881. The van der Waals surface area contributed by atoms with Gasteiger partial charge in [0.05, 0.1) is 30.0 Å². The van der Waals surface area contributed by atoms with E-state index in [1.165, 1.54) is 0 Å². The molecule has 0 atom stereocenters. The summed E-state index contributed by atoms with van der Waals surface area (Å²) in [6.07, 6.45) is 3.47. The Balaban J connectivity index is 1.62. The third kappa shape index (κ3) is 2.34. The summed E-state index contributed by atoms with van der Waals surface area (Å²) in [7, 11) is 1.66. The fourth-order valence-corrected chi connectivity index (χ4v) is 2.99. The van der Waals surface area contributed by atoms with E-state index in [0.29, 0.717) is 5.56 Å². The van der Waals surface area contributed by atoms with Gasteiger partial charge in [-0.15, -0.1) is 0 Å². The van der Waals surface area contributed by atoms with Crippen molar-refractivity contribution in [1.82, 2.24) is 15.3 Å². The zero-order valence-electron chi connectivity index (χ0n) is 12.8. The summed E-state index contributed by atoms with van der Waals surface area (Å²) in [5.41, 5.74) is 3.07. The van der Waals surface area contributed by atoms with Gasteiger partial charge >= 0.3 is 0 Å². The maximum Gasteiger partial charge on any atom is 0.252 e. The molecule has 1 saturated carbocycles. The summed E-state index contributed by atoms with van der Waals surface area (Å²) in [6.45, 7) is 0. The van der Waals surface area contributed by atoms with Crippen molar-refractivity contribution in [1.29, 1.82) is 0 Å². The number of H-pyrrole nitrogens is 1. The molecule has 0 unspecified atom stereocenters. The first-order chi connectivity index (χ1) is 11.2. The lowest BCUT2D eigenvalue weighted by atomic mass is 10.0. The van der Waals surface area contributed by atoms with E-state index < -0.39 is 0 Å². The van der Waals surface area contributed by atoms with E-state index in [1.54, 1.807) is 19.5 Å². The second-order valence-electron chi connectivity index (χ2n) is 5.87. The number of ether oxygens (including phenoxy) is 1. The van der Waals surface area contributed by atoms with E-state index in [-0.39, 0.29) is 11.4 Å². The Morgan fingerprint density at radius 2 is 2.09 bits per heavy atom. The second-order valence-corrected chi connectivity index (χ2v) is 5.87. The molecule has 1 fully saturated rings. The Hall–Kier alpha value is -2.82. The van der Waals surface area contributed by atoms with Crippen molar-refractivity contribution in [2.45, 2.75) is 18.4 Å². The van der Waals surface area contributed by atoms with Gasteiger partial charge in [-0.1, -0.05) is 18.2 Å². The number of carbonyl (C=O) groups is 1. The van der Waals surface area contributed by atoms with Crippen LogP contribution >= 0.6 is 0 Å². The van der Waals surface area contributed by atoms with E-state index in [4.69, 9.17) is 4.74 Å². The summed E-state index contributed by atoms with van der Waals surface area (Å²) in [6, 6.07) is 13.3. The van der Waals surface area contributed by atoms with Gasteiger partial charge in [0, 0.05) is 11.1 Å². The molecule has 0 spiro atoms. The van der Waals surface area contributed by atoms with Gasteiger partial charge < -0.3 is 15.0 Å². The zero-order chi connectivity index (χ0) is 15.9. The number of methoxy groups -OCH3 is 1. The third-order valence-electron chi connectivity index (χ3n) is 4.41. The molecule has 1 aromatic heterocycles. The molecule has 0 bridgehead atoms. The number of rotatable bonds is 4. The van der Waals surface area contributed by atoms with Gasteiger partial charge in [0.25, 0.3) is 5.91 Å². The van der Waals surface area contributed by atoms with Crippen molar-refractivity contribution in [3.05, 3.63) is 59.9 Å². The molecule has 23 heavy (non-hydrogen) atoms. The first-order valence-corrected chi connectivity index (χ1v) is 7.61. The van der Waals surface area contributed by atoms with Crippen LogP contribution in [0.25, 0.3) is 11.0 Å². The van der Waals surface area contributed by atoms with Crippen LogP contribution in [0.2, 0.25) is 0 Å². The molecule has 5 nitrogen and oxygen atoms in total. The van der Waals surface area contributed by atoms with Crippen molar-refractivity contribution in [3.8, 4) is 5.75 Å². The lowest BCUT2D eigenvalue weighted by Crippen LogP contribution is -2.35. The fraction of sp³-hybridized carbons (Fsp3) is 0.222. The topological polar surface area (TPSA) is 67.0 Å². The number of para-hydroxylation sites is 1. The Morgan fingerprint density at radius 3 is 2.87 bits per heavy atom. The number of hydrogen-bond acceptors (Lipinski definition) is 3. The molecule has 3 aromatic rings. The van der Waals surface area contributed by atoms with E-state index in [1.807, 2.05) is 36.4 Å². The minimum atomic E-state index is -0.313. The molecule has 5 heteroatoms. The van der Waals surface area contributed by atoms with Gasteiger partial charge in [0.2, 0.25) is 0 Å². The van der Waals surface area contributed by atoms with Crippen molar-refractivity contribution in [2.75, 3.05) is 7.11 Å². The van der Waals surface area contributed by atoms with Gasteiger partial charge in [-0.05, 0) is 37.1 Å². The number of aromatic nitrogens is 2. The smallest absolute Gasteiger partial charge is 0.252 e. The van der Waals surface area contributed by atoms with Crippen molar-refractivity contribution < 1.29 is 9.53 Å². The van der Waals surface area contributed by atoms with Gasteiger partial charge in [-0.25, -0.2) is 4.98 Å². The Labute approximate surface area is 133 Å². The van der Waals surface area contributed by atoms with Crippen LogP contribution < -0.4 is 10.1 Å². The number of hydrogen-bond donors (Lipinski definition) is 2. The highest BCUT2D eigenvalue weighted by Crippen LogP contribution is 2.49. The van der Waals surface area contributed by atoms with E-state index >= 15 is 0 Å². The van der Waals surface area contributed by atoms with Crippen LogP contribution in [0.3, 0.4) is 0 Å². The monoisotopic (exact) mass is 307 g/mol. The van der Waals surface area contributed by atoms with Crippen molar-refractivity contribution >= 4 is 16.9 Å². The van der Waals surface area contributed by atoms with Crippen LogP contribution in [-0.2, 0) is 5.54 Å². The SMILES string of the molecule is COc1ccccc1C1(NC(=O)c2ccc3nc[nH]c3c2)CC1. The van der Waals surface area contributed by atoms with Gasteiger partial charge in [0.15, 0.2) is 0 Å². The molecule has 4 rings (SSSR count). The normalized spacial score (nSPS) is 15.3. The third-order valence-corrected chi connectivity index (χ3v) is 4.41. The van der Waals surface area contributed by atoms with E-state index in [0.717, 1.165) is 35.2 Å². The minimum Gasteiger partial charge on any atom is -0.496 e. The van der Waals surface area contributed by atoms with Crippen LogP contribution in [0.4, 0.5) is 0 Å². The number of amides is 1. The number of aromatic amines is 1. The molecule has 0 radical (unpaired) electrons. The Kier molecular flexibility index (Phi) is 3.08. The summed E-state index contributed by atoms with van der Waals surface area (Å²) in [5.74, 6) is 0.735. The molecule has 2 aromatic carbocycles. The van der Waals surface area contributed by atoms with Crippen LogP contribution in [0.1, 0.15) is 28.8 Å². The van der Waals surface area contributed by atoms with Gasteiger partial charge in [0.1, 0.15) is 5.75 Å². The molecule has 1 aliphatic carbocycles. The number of imidazole rings is 1. The fourth-order valence-electron chi connectivity index (χ4n) is 2.99. The number of nitrogens with one attached hydrogen (secondary N) is 2. The molecule has 0 saturated heterocycles. The number of fused-ring (bicyclic) bond motifs is 1. The molecule has 1 heterocycles. The Morgan fingerprint density at radius 1 is 1.26 bits per heavy atom. The lowest BCUT2D eigenvalue weighted by molar-refractivity contribution is 0.0930. The summed E-state index contributed by atoms with van der Waals surface area (Å²) in [5, 5.41) is 3.18. The number of nitrogens with zero attached hydrogens (tertiary/aromatic N) is 1. The molecule has 1 amide bonds. The highest BCUT2D eigenvalue weighted by Gasteiger charge is 2.47. The van der Waals surface area contributed by atoms with Crippen molar-refractivity contribution in [2.24, 2.45) is 0 Å². The average Bonchev–Trinajstić information content (AvgIpc) is 3.21. The van der Waals surface area contributed by atoms with Crippen molar-refractivity contribution in [3.63, 3.8) is 0 Å². The largest absolute Gasteiger partial charge is 0.496 e. The average molecular weight is 307 g/mol. The zero-order valence-corrected chi connectivity index (χ0v) is 12.8. The van der Waals surface area contributed by atoms with E-state index in [9.17, 15) is 4.79 Å². The maximum atomic E-state index is 12.7. The lowest BCUT2D eigenvalue weighted by Gasteiger charge is -2.20. The van der Waals surface area contributed by atoms with Crippen LogP contribution in [0.15, 0.2) is 48.8 Å². The number of carbonyl (C=O) groups excluding carboxylic acids is 1. The standard InChI is InChI=1S/C18H17N3O2/c1-23-16-5-3-2-4-13(16)18(8-9-18)21-17(22)12-6-7-14-15(10-12)20-11-19-14/h2-7,10-11H,8-9H2,1H3,(H,19,20)(H,21,22).